The lowest BCUT2D eigenvalue weighted by Gasteiger charge is -2.10. The molecule has 0 bridgehead atoms. The summed E-state index contributed by atoms with van der Waals surface area (Å²) in [6.07, 6.45) is 2.07. The second-order valence-electron chi connectivity index (χ2n) is 4.40. The predicted molar refractivity (Wildman–Crippen MR) is 82.2 cm³/mol. The summed E-state index contributed by atoms with van der Waals surface area (Å²) in [5, 5.41) is 3.16. The molecule has 0 saturated heterocycles. The van der Waals surface area contributed by atoms with Crippen LogP contribution in [-0.4, -0.2) is 13.3 Å². The van der Waals surface area contributed by atoms with Crippen molar-refractivity contribution < 1.29 is 4.74 Å². The fraction of sp³-hybridized carbons (Fsp3) is 0.250. The molecule has 0 atom stereocenters. The summed E-state index contributed by atoms with van der Waals surface area (Å²) < 4.78 is 5.86. The third kappa shape index (κ3) is 3.75. The van der Waals surface area contributed by atoms with Crippen LogP contribution in [-0.2, 0) is 6.54 Å². The summed E-state index contributed by atoms with van der Waals surface area (Å²) >= 11 is 1.73. The quantitative estimate of drug-likeness (QED) is 0.824. The van der Waals surface area contributed by atoms with Crippen molar-refractivity contribution in [2.24, 2.45) is 0 Å². The number of thioether (sulfide) groups is 1. The van der Waals surface area contributed by atoms with Gasteiger partial charge in [0.05, 0.1) is 0 Å². The first-order valence-corrected chi connectivity index (χ1v) is 7.51. The van der Waals surface area contributed by atoms with Gasteiger partial charge >= 0.3 is 0 Å². The number of aryl methyl sites for hydroxylation is 1. The molecule has 0 heterocycles. The molecule has 2 aromatic carbocycles. The molecular weight excluding hydrogens is 254 g/mol. The maximum atomic E-state index is 5.86. The number of rotatable bonds is 5. The van der Waals surface area contributed by atoms with Gasteiger partial charge in [-0.3, -0.25) is 0 Å². The molecule has 2 rings (SSSR count). The van der Waals surface area contributed by atoms with Gasteiger partial charge in [-0.25, -0.2) is 0 Å². The van der Waals surface area contributed by atoms with Gasteiger partial charge in [0.25, 0.3) is 0 Å². The first kappa shape index (κ1) is 14.0. The lowest BCUT2D eigenvalue weighted by atomic mass is 10.1. The van der Waals surface area contributed by atoms with E-state index in [-0.39, 0.29) is 0 Å². The maximum Gasteiger partial charge on any atom is 0.127 e. The third-order valence-electron chi connectivity index (χ3n) is 2.98. The standard InChI is InChI=1S/C16H19NOS/c1-12-10-15(5-4-13(12)11-17-2)18-14-6-8-16(19-3)9-7-14/h4-10,17H,11H2,1-3H3. The van der Waals surface area contributed by atoms with Crippen LogP contribution in [0.15, 0.2) is 47.4 Å². The van der Waals surface area contributed by atoms with Gasteiger partial charge in [0.15, 0.2) is 0 Å². The van der Waals surface area contributed by atoms with Gasteiger partial charge in [0.1, 0.15) is 11.5 Å². The van der Waals surface area contributed by atoms with Gasteiger partial charge in [-0.15, -0.1) is 11.8 Å². The summed E-state index contributed by atoms with van der Waals surface area (Å²) in [6.45, 7) is 2.99. The molecule has 0 spiro atoms. The van der Waals surface area contributed by atoms with Crippen molar-refractivity contribution in [3.8, 4) is 11.5 Å². The highest BCUT2D eigenvalue weighted by Crippen LogP contribution is 2.25. The van der Waals surface area contributed by atoms with Crippen molar-refractivity contribution >= 4 is 11.8 Å². The van der Waals surface area contributed by atoms with Crippen molar-refractivity contribution in [3.63, 3.8) is 0 Å². The molecule has 2 nitrogen and oxygen atoms in total. The van der Waals surface area contributed by atoms with Crippen LogP contribution in [0.25, 0.3) is 0 Å². The summed E-state index contributed by atoms with van der Waals surface area (Å²) in [5.74, 6) is 1.76. The van der Waals surface area contributed by atoms with E-state index in [0.717, 1.165) is 18.0 Å². The van der Waals surface area contributed by atoms with Gasteiger partial charge in [-0.1, -0.05) is 6.07 Å². The molecule has 0 aromatic heterocycles. The normalized spacial score (nSPS) is 10.5. The number of hydrogen-bond donors (Lipinski definition) is 1. The zero-order valence-electron chi connectivity index (χ0n) is 11.6. The lowest BCUT2D eigenvalue weighted by Crippen LogP contribution is -2.06. The maximum absolute atomic E-state index is 5.86. The summed E-state index contributed by atoms with van der Waals surface area (Å²) in [5.41, 5.74) is 2.54. The van der Waals surface area contributed by atoms with Crippen LogP contribution in [0.3, 0.4) is 0 Å². The molecule has 1 N–H and O–H groups in total. The first-order chi connectivity index (χ1) is 9.22. The molecule has 0 amide bonds. The van der Waals surface area contributed by atoms with Crippen LogP contribution in [0.2, 0.25) is 0 Å². The smallest absolute Gasteiger partial charge is 0.127 e. The van der Waals surface area contributed by atoms with Crippen LogP contribution in [0, 0.1) is 6.92 Å². The van der Waals surface area contributed by atoms with Crippen molar-refractivity contribution in [3.05, 3.63) is 53.6 Å². The Balaban J connectivity index is 2.11. The topological polar surface area (TPSA) is 21.3 Å². The molecule has 100 valence electrons. The van der Waals surface area contributed by atoms with E-state index in [0.29, 0.717) is 0 Å². The van der Waals surface area contributed by atoms with Crippen molar-refractivity contribution in [1.82, 2.24) is 5.32 Å². The van der Waals surface area contributed by atoms with E-state index in [4.69, 9.17) is 4.74 Å². The molecule has 0 aliphatic carbocycles. The zero-order chi connectivity index (χ0) is 13.7. The average molecular weight is 273 g/mol. The number of ether oxygens (including phenoxy) is 1. The highest BCUT2D eigenvalue weighted by atomic mass is 32.2. The highest BCUT2D eigenvalue weighted by molar-refractivity contribution is 7.98. The Bertz CT molecular complexity index is 537. The van der Waals surface area contributed by atoms with Crippen LogP contribution < -0.4 is 10.1 Å². The minimum atomic E-state index is 0.874. The summed E-state index contributed by atoms with van der Waals surface area (Å²) in [7, 11) is 1.96. The van der Waals surface area contributed by atoms with E-state index < -0.39 is 0 Å². The van der Waals surface area contributed by atoms with Crippen LogP contribution in [0.4, 0.5) is 0 Å². The molecule has 0 aliphatic heterocycles. The van der Waals surface area contributed by atoms with Gasteiger partial charge < -0.3 is 10.1 Å². The predicted octanol–water partition coefficient (Wildman–Crippen LogP) is 4.23. The highest BCUT2D eigenvalue weighted by Gasteiger charge is 2.02. The van der Waals surface area contributed by atoms with E-state index >= 15 is 0 Å². The van der Waals surface area contributed by atoms with Crippen LogP contribution in [0.5, 0.6) is 11.5 Å². The molecule has 0 fully saturated rings. The Kier molecular flexibility index (Phi) is 4.88. The van der Waals surface area contributed by atoms with Gasteiger partial charge in [0.2, 0.25) is 0 Å². The Labute approximate surface area is 119 Å². The molecule has 2 aromatic rings. The zero-order valence-corrected chi connectivity index (χ0v) is 12.4. The second kappa shape index (κ2) is 6.64. The Morgan fingerprint density at radius 2 is 1.74 bits per heavy atom. The lowest BCUT2D eigenvalue weighted by molar-refractivity contribution is 0.481. The van der Waals surface area contributed by atoms with Crippen molar-refractivity contribution in [2.75, 3.05) is 13.3 Å². The van der Waals surface area contributed by atoms with Gasteiger partial charge in [0, 0.05) is 11.4 Å². The van der Waals surface area contributed by atoms with E-state index in [1.54, 1.807) is 11.8 Å². The summed E-state index contributed by atoms with van der Waals surface area (Å²) in [4.78, 5) is 1.24. The first-order valence-electron chi connectivity index (χ1n) is 6.29. The van der Waals surface area contributed by atoms with Gasteiger partial charge in [-0.2, -0.15) is 0 Å². The van der Waals surface area contributed by atoms with E-state index in [2.05, 4.69) is 42.8 Å². The Morgan fingerprint density at radius 3 is 2.32 bits per heavy atom. The van der Waals surface area contributed by atoms with Crippen molar-refractivity contribution in [1.29, 1.82) is 0 Å². The number of nitrogens with one attached hydrogen (secondary N) is 1. The molecule has 3 heteroatoms. The Hall–Kier alpha value is -1.45. The molecule has 0 unspecified atom stereocenters. The fourth-order valence-electron chi connectivity index (χ4n) is 1.90. The van der Waals surface area contributed by atoms with Crippen LogP contribution in [0.1, 0.15) is 11.1 Å². The minimum Gasteiger partial charge on any atom is -0.457 e. The van der Waals surface area contributed by atoms with E-state index in [1.165, 1.54) is 16.0 Å². The SMILES string of the molecule is CNCc1ccc(Oc2ccc(SC)cc2)cc1C. The molecule has 0 radical (unpaired) electrons. The third-order valence-corrected chi connectivity index (χ3v) is 3.72. The summed E-state index contributed by atoms with van der Waals surface area (Å²) in [6, 6.07) is 14.4. The van der Waals surface area contributed by atoms with Crippen LogP contribution >= 0.6 is 11.8 Å². The van der Waals surface area contributed by atoms with Gasteiger partial charge in [-0.05, 0) is 67.8 Å². The number of benzene rings is 2. The van der Waals surface area contributed by atoms with E-state index in [9.17, 15) is 0 Å². The monoisotopic (exact) mass is 273 g/mol. The largest absolute Gasteiger partial charge is 0.457 e. The van der Waals surface area contributed by atoms with E-state index in [1.807, 2.05) is 25.2 Å². The average Bonchev–Trinajstić information content (AvgIpc) is 2.43. The Morgan fingerprint density at radius 1 is 1.05 bits per heavy atom. The second-order valence-corrected chi connectivity index (χ2v) is 5.28. The minimum absolute atomic E-state index is 0.874. The fourth-order valence-corrected chi connectivity index (χ4v) is 2.31. The number of hydrogen-bond acceptors (Lipinski definition) is 3. The molecular formula is C16H19NOS. The molecule has 0 aliphatic rings. The molecule has 0 saturated carbocycles. The molecule has 19 heavy (non-hydrogen) atoms. The van der Waals surface area contributed by atoms with Crippen molar-refractivity contribution in [2.45, 2.75) is 18.4 Å².